The lowest BCUT2D eigenvalue weighted by Gasteiger charge is -2.29. The zero-order valence-corrected chi connectivity index (χ0v) is 17.9. The van der Waals surface area contributed by atoms with Crippen LogP contribution in [0.5, 0.6) is 0 Å². The smallest absolute Gasteiger partial charge is 0.165 e. The molecule has 0 spiro atoms. The van der Waals surface area contributed by atoms with Crippen LogP contribution >= 0.6 is 0 Å². The van der Waals surface area contributed by atoms with Gasteiger partial charge >= 0.3 is 0 Å². The van der Waals surface area contributed by atoms with Crippen LogP contribution < -0.4 is 0 Å². The van der Waals surface area contributed by atoms with Crippen LogP contribution in [0, 0.1) is 11.8 Å². The molecule has 1 aliphatic rings. The van der Waals surface area contributed by atoms with E-state index in [1.807, 2.05) is 26.0 Å². The van der Waals surface area contributed by atoms with Crippen molar-refractivity contribution in [2.24, 2.45) is 11.8 Å². The van der Waals surface area contributed by atoms with E-state index in [9.17, 15) is 4.79 Å². The van der Waals surface area contributed by atoms with Crippen LogP contribution in [-0.4, -0.2) is 5.78 Å². The topological polar surface area (TPSA) is 17.1 Å². The number of ketones is 1. The fourth-order valence-electron chi connectivity index (χ4n) is 4.58. The second kappa shape index (κ2) is 10.0. The lowest BCUT2D eigenvalue weighted by atomic mass is 9.77. The van der Waals surface area contributed by atoms with Crippen molar-refractivity contribution >= 4 is 5.78 Å². The van der Waals surface area contributed by atoms with Crippen molar-refractivity contribution < 1.29 is 4.79 Å². The summed E-state index contributed by atoms with van der Waals surface area (Å²) in [6.07, 6.45) is 11.1. The van der Waals surface area contributed by atoms with Gasteiger partial charge in [-0.05, 0) is 54.2 Å². The van der Waals surface area contributed by atoms with Crippen LogP contribution in [-0.2, 0) is 0 Å². The van der Waals surface area contributed by atoms with Crippen LogP contribution in [0.4, 0.5) is 0 Å². The van der Waals surface area contributed by atoms with Gasteiger partial charge in [0.25, 0.3) is 0 Å². The summed E-state index contributed by atoms with van der Waals surface area (Å²) >= 11 is 0. The number of carbonyl (C=O) groups excluding carboxylic acids is 1. The second-order valence-electron chi connectivity index (χ2n) is 8.93. The van der Waals surface area contributed by atoms with E-state index in [0.29, 0.717) is 0 Å². The Labute approximate surface area is 171 Å². The normalized spacial score (nSPS) is 19.7. The Hall–Kier alpha value is -1.89. The maximum atomic E-state index is 12.1. The summed E-state index contributed by atoms with van der Waals surface area (Å²) in [5.74, 6) is 1.97. The van der Waals surface area contributed by atoms with Crippen molar-refractivity contribution in [3.63, 3.8) is 0 Å². The number of hydrogen-bond acceptors (Lipinski definition) is 1. The molecule has 1 heteroatoms. The van der Waals surface area contributed by atoms with Gasteiger partial charge < -0.3 is 0 Å². The molecule has 2 aromatic rings. The molecule has 0 atom stereocenters. The molecule has 0 aromatic heterocycles. The Morgan fingerprint density at radius 1 is 0.857 bits per heavy atom. The summed E-state index contributed by atoms with van der Waals surface area (Å²) in [6.45, 7) is 6.20. The van der Waals surface area contributed by atoms with Gasteiger partial charge in [-0.2, -0.15) is 0 Å². The molecular weight excluding hydrogens is 340 g/mol. The summed E-state index contributed by atoms with van der Waals surface area (Å²) in [4.78, 5) is 12.1. The first-order chi connectivity index (χ1) is 13.6. The second-order valence-corrected chi connectivity index (χ2v) is 8.93. The maximum Gasteiger partial charge on any atom is 0.165 e. The zero-order valence-electron chi connectivity index (χ0n) is 17.9. The van der Waals surface area contributed by atoms with E-state index >= 15 is 0 Å². The minimum absolute atomic E-state index is 0.0480. The van der Waals surface area contributed by atoms with Gasteiger partial charge in [0, 0.05) is 11.5 Å². The fourth-order valence-corrected chi connectivity index (χ4v) is 4.58. The predicted octanol–water partition coefficient (Wildman–Crippen LogP) is 8.05. The third kappa shape index (κ3) is 5.34. The summed E-state index contributed by atoms with van der Waals surface area (Å²) < 4.78 is 0. The molecule has 0 bridgehead atoms. The molecule has 0 unspecified atom stereocenters. The molecule has 0 N–H and O–H groups in total. The van der Waals surface area contributed by atoms with Gasteiger partial charge in [0.05, 0.1) is 0 Å². The van der Waals surface area contributed by atoms with E-state index in [1.165, 1.54) is 68.1 Å². The number of rotatable bonds is 8. The van der Waals surface area contributed by atoms with Crippen LogP contribution in [0.25, 0.3) is 11.1 Å². The summed E-state index contributed by atoms with van der Waals surface area (Å²) in [6, 6.07) is 17.2. The zero-order chi connectivity index (χ0) is 19.9. The highest BCUT2D eigenvalue weighted by molar-refractivity contribution is 5.97. The third-order valence-corrected chi connectivity index (χ3v) is 6.47. The molecule has 1 aliphatic carbocycles. The van der Waals surface area contributed by atoms with Crippen LogP contribution in [0.15, 0.2) is 48.5 Å². The van der Waals surface area contributed by atoms with E-state index in [0.717, 1.165) is 17.4 Å². The molecule has 2 aromatic carbocycles. The molecule has 0 amide bonds. The van der Waals surface area contributed by atoms with Crippen molar-refractivity contribution in [1.82, 2.24) is 0 Å². The minimum Gasteiger partial charge on any atom is -0.294 e. The number of unbranched alkanes of at least 4 members (excludes halogenated alkanes) is 2. The maximum absolute atomic E-state index is 12.1. The van der Waals surface area contributed by atoms with Gasteiger partial charge in [-0.1, -0.05) is 95.0 Å². The lowest BCUT2D eigenvalue weighted by molar-refractivity contribution is 0.0939. The third-order valence-electron chi connectivity index (χ3n) is 6.47. The van der Waals surface area contributed by atoms with E-state index < -0.39 is 0 Å². The quantitative estimate of drug-likeness (QED) is 0.336. The average Bonchev–Trinajstić information content (AvgIpc) is 2.74. The Bertz CT molecular complexity index is 731. The number of hydrogen-bond donors (Lipinski definition) is 0. The first kappa shape index (κ1) is 20.8. The molecule has 3 rings (SSSR count). The van der Waals surface area contributed by atoms with Crippen LogP contribution in [0.2, 0.25) is 0 Å². The van der Waals surface area contributed by atoms with Crippen molar-refractivity contribution in [1.29, 1.82) is 0 Å². The molecule has 1 saturated carbocycles. The van der Waals surface area contributed by atoms with Gasteiger partial charge in [0.2, 0.25) is 0 Å². The van der Waals surface area contributed by atoms with Crippen LogP contribution in [0.3, 0.4) is 0 Å². The molecule has 1 fully saturated rings. The first-order valence-electron chi connectivity index (χ1n) is 11.3. The number of Topliss-reactive ketones (excluding diaryl/α,β-unsaturated/α-hetero) is 1. The molecular formula is C27H36O. The number of carbonyl (C=O) groups is 1. The van der Waals surface area contributed by atoms with E-state index in [-0.39, 0.29) is 11.7 Å². The highest BCUT2D eigenvalue weighted by Gasteiger charge is 2.22. The molecule has 28 heavy (non-hydrogen) atoms. The molecule has 0 radical (unpaired) electrons. The van der Waals surface area contributed by atoms with E-state index in [1.54, 1.807) is 0 Å². The van der Waals surface area contributed by atoms with Crippen molar-refractivity contribution in [3.8, 4) is 11.1 Å². The van der Waals surface area contributed by atoms with Gasteiger partial charge in [-0.25, -0.2) is 0 Å². The highest BCUT2D eigenvalue weighted by Crippen LogP contribution is 2.38. The van der Waals surface area contributed by atoms with E-state index in [2.05, 4.69) is 43.3 Å². The van der Waals surface area contributed by atoms with Gasteiger partial charge in [0.1, 0.15) is 0 Å². The Morgan fingerprint density at radius 3 is 1.96 bits per heavy atom. The van der Waals surface area contributed by atoms with Gasteiger partial charge in [-0.15, -0.1) is 0 Å². The number of benzene rings is 2. The molecule has 150 valence electrons. The molecule has 1 nitrogen and oxygen atoms in total. The molecule has 0 saturated heterocycles. The highest BCUT2D eigenvalue weighted by atomic mass is 16.1. The van der Waals surface area contributed by atoms with Crippen molar-refractivity contribution in [2.45, 2.75) is 78.1 Å². The average molecular weight is 377 g/mol. The Balaban J connectivity index is 1.57. The Morgan fingerprint density at radius 2 is 1.43 bits per heavy atom. The summed E-state index contributed by atoms with van der Waals surface area (Å²) in [7, 11) is 0. The fraction of sp³-hybridized carbons (Fsp3) is 0.519. The van der Waals surface area contributed by atoms with Crippen molar-refractivity contribution in [2.75, 3.05) is 0 Å². The van der Waals surface area contributed by atoms with Crippen molar-refractivity contribution in [3.05, 3.63) is 59.7 Å². The minimum atomic E-state index is 0.0480. The first-order valence-corrected chi connectivity index (χ1v) is 11.3. The monoisotopic (exact) mass is 376 g/mol. The standard InChI is InChI=1S/C27H36O/c1-4-5-6-7-21-8-10-22(11-9-21)23-12-14-24(15-13-23)25-16-18-26(19-17-25)27(28)20(2)3/h12-22H,4-11H2,1-3H3. The van der Waals surface area contributed by atoms with Crippen LogP contribution in [0.1, 0.15) is 94.0 Å². The van der Waals surface area contributed by atoms with Gasteiger partial charge in [-0.3, -0.25) is 4.79 Å². The van der Waals surface area contributed by atoms with Gasteiger partial charge in [0.15, 0.2) is 5.78 Å². The summed E-state index contributed by atoms with van der Waals surface area (Å²) in [5, 5.41) is 0. The largest absolute Gasteiger partial charge is 0.294 e. The molecule has 0 heterocycles. The lowest BCUT2D eigenvalue weighted by Crippen LogP contribution is -2.13. The SMILES string of the molecule is CCCCCC1CCC(c2ccc(-c3ccc(C(=O)C(C)C)cc3)cc2)CC1. The Kier molecular flexibility index (Phi) is 7.48. The molecule has 0 aliphatic heterocycles. The summed E-state index contributed by atoms with van der Waals surface area (Å²) in [5.41, 5.74) is 4.74. The van der Waals surface area contributed by atoms with E-state index in [4.69, 9.17) is 0 Å². The predicted molar refractivity (Wildman–Crippen MR) is 120 cm³/mol.